The molecular weight excluding hydrogens is 349 g/mol. The molecule has 1 aromatic heterocycles. The SMILES string of the molecule is COc1ccccc1CNC(=O)NCCc1coc(-c2ccc(F)cc2)n1. The number of carbonyl (C=O) groups excluding carboxylic acids is 1. The van der Waals surface area contributed by atoms with Crippen molar-refractivity contribution in [3.8, 4) is 17.2 Å². The zero-order chi connectivity index (χ0) is 19.1. The molecule has 0 aliphatic carbocycles. The van der Waals surface area contributed by atoms with Gasteiger partial charge in [0.15, 0.2) is 0 Å². The zero-order valence-corrected chi connectivity index (χ0v) is 14.9. The lowest BCUT2D eigenvalue weighted by molar-refractivity contribution is 0.240. The number of urea groups is 1. The lowest BCUT2D eigenvalue weighted by Crippen LogP contribution is -2.36. The molecule has 0 atom stereocenters. The van der Waals surface area contributed by atoms with E-state index in [2.05, 4.69) is 15.6 Å². The molecular formula is C20H20FN3O3. The third kappa shape index (κ3) is 5.07. The van der Waals surface area contributed by atoms with Crippen LogP contribution in [0.3, 0.4) is 0 Å². The third-order valence-electron chi connectivity index (χ3n) is 3.94. The van der Waals surface area contributed by atoms with Crippen LogP contribution in [0.4, 0.5) is 9.18 Å². The summed E-state index contributed by atoms with van der Waals surface area (Å²) >= 11 is 0. The molecule has 0 saturated heterocycles. The molecule has 3 aromatic rings. The molecule has 1 heterocycles. The first-order valence-electron chi connectivity index (χ1n) is 8.49. The van der Waals surface area contributed by atoms with Gasteiger partial charge in [0.1, 0.15) is 17.8 Å². The van der Waals surface area contributed by atoms with E-state index in [4.69, 9.17) is 9.15 Å². The van der Waals surface area contributed by atoms with Crippen LogP contribution in [0.15, 0.2) is 59.2 Å². The topological polar surface area (TPSA) is 76.4 Å². The molecule has 6 nitrogen and oxygen atoms in total. The lowest BCUT2D eigenvalue weighted by atomic mass is 10.2. The molecule has 2 amide bonds. The maximum Gasteiger partial charge on any atom is 0.315 e. The second-order valence-corrected chi connectivity index (χ2v) is 5.82. The molecule has 0 radical (unpaired) electrons. The van der Waals surface area contributed by atoms with Crippen LogP contribution in [-0.4, -0.2) is 24.7 Å². The highest BCUT2D eigenvalue weighted by molar-refractivity contribution is 5.73. The highest BCUT2D eigenvalue weighted by Crippen LogP contribution is 2.19. The molecule has 140 valence electrons. The number of nitrogens with zero attached hydrogens (tertiary/aromatic N) is 1. The van der Waals surface area contributed by atoms with Crippen molar-refractivity contribution in [3.05, 3.63) is 71.9 Å². The van der Waals surface area contributed by atoms with E-state index in [1.165, 1.54) is 18.4 Å². The number of aromatic nitrogens is 1. The van der Waals surface area contributed by atoms with Crippen molar-refractivity contribution >= 4 is 6.03 Å². The number of rotatable bonds is 7. The molecule has 2 N–H and O–H groups in total. The quantitative estimate of drug-likeness (QED) is 0.668. The van der Waals surface area contributed by atoms with Gasteiger partial charge in [-0.2, -0.15) is 0 Å². The summed E-state index contributed by atoms with van der Waals surface area (Å²) < 4.78 is 23.6. The van der Waals surface area contributed by atoms with E-state index >= 15 is 0 Å². The normalized spacial score (nSPS) is 10.4. The molecule has 0 bridgehead atoms. The molecule has 0 unspecified atom stereocenters. The average molecular weight is 369 g/mol. The van der Waals surface area contributed by atoms with Crippen LogP contribution in [0, 0.1) is 5.82 Å². The molecule has 7 heteroatoms. The summed E-state index contributed by atoms with van der Waals surface area (Å²) in [6.45, 7) is 0.779. The number of ether oxygens (including phenoxy) is 1. The predicted molar refractivity (Wildman–Crippen MR) is 98.8 cm³/mol. The van der Waals surface area contributed by atoms with E-state index in [1.807, 2.05) is 24.3 Å². The summed E-state index contributed by atoms with van der Waals surface area (Å²) in [5.74, 6) is 0.841. The number of hydrogen-bond donors (Lipinski definition) is 2. The monoisotopic (exact) mass is 369 g/mol. The number of methoxy groups -OCH3 is 1. The average Bonchev–Trinajstić information content (AvgIpc) is 3.16. The van der Waals surface area contributed by atoms with Gasteiger partial charge in [-0.1, -0.05) is 18.2 Å². The number of amides is 2. The fourth-order valence-electron chi connectivity index (χ4n) is 2.54. The van der Waals surface area contributed by atoms with Crippen LogP contribution in [0.1, 0.15) is 11.3 Å². The van der Waals surface area contributed by atoms with Gasteiger partial charge in [0.2, 0.25) is 5.89 Å². The predicted octanol–water partition coefficient (Wildman–Crippen LogP) is 3.53. The van der Waals surface area contributed by atoms with Gasteiger partial charge in [0.25, 0.3) is 0 Å². The first-order chi connectivity index (χ1) is 13.2. The van der Waals surface area contributed by atoms with Gasteiger partial charge >= 0.3 is 6.03 Å². The van der Waals surface area contributed by atoms with Crippen LogP contribution in [0.2, 0.25) is 0 Å². The van der Waals surface area contributed by atoms with Gasteiger partial charge in [-0.3, -0.25) is 0 Å². The van der Waals surface area contributed by atoms with Crippen LogP contribution in [0.25, 0.3) is 11.5 Å². The van der Waals surface area contributed by atoms with Crippen molar-refractivity contribution in [1.82, 2.24) is 15.6 Å². The summed E-state index contributed by atoms with van der Waals surface area (Å²) in [4.78, 5) is 16.3. The lowest BCUT2D eigenvalue weighted by Gasteiger charge is -2.10. The second kappa shape index (κ2) is 8.84. The van der Waals surface area contributed by atoms with Crippen molar-refractivity contribution < 1.29 is 18.3 Å². The zero-order valence-electron chi connectivity index (χ0n) is 14.9. The highest BCUT2D eigenvalue weighted by Gasteiger charge is 2.08. The number of halogens is 1. The Morgan fingerprint density at radius 1 is 1.15 bits per heavy atom. The van der Waals surface area contributed by atoms with E-state index in [9.17, 15) is 9.18 Å². The van der Waals surface area contributed by atoms with E-state index in [1.54, 1.807) is 19.2 Å². The van der Waals surface area contributed by atoms with Crippen molar-refractivity contribution in [3.63, 3.8) is 0 Å². The van der Waals surface area contributed by atoms with Crippen LogP contribution >= 0.6 is 0 Å². The van der Waals surface area contributed by atoms with E-state index in [-0.39, 0.29) is 11.8 Å². The third-order valence-corrected chi connectivity index (χ3v) is 3.94. The number of nitrogens with one attached hydrogen (secondary N) is 2. The molecule has 0 aliphatic rings. The number of carbonyl (C=O) groups is 1. The minimum atomic E-state index is -0.311. The molecule has 0 aliphatic heterocycles. The summed E-state index contributed by atoms with van der Waals surface area (Å²) in [5.41, 5.74) is 2.31. The Hall–Kier alpha value is -3.35. The van der Waals surface area contributed by atoms with E-state index < -0.39 is 0 Å². The van der Waals surface area contributed by atoms with Gasteiger partial charge in [0, 0.05) is 30.6 Å². The molecule has 3 rings (SSSR count). The van der Waals surface area contributed by atoms with E-state index in [0.29, 0.717) is 36.7 Å². The minimum Gasteiger partial charge on any atom is -0.496 e. The number of oxazole rings is 1. The Bertz CT molecular complexity index is 893. The van der Waals surface area contributed by atoms with Crippen molar-refractivity contribution in [2.75, 3.05) is 13.7 Å². The van der Waals surface area contributed by atoms with Gasteiger partial charge < -0.3 is 19.8 Å². The van der Waals surface area contributed by atoms with Crippen LogP contribution in [-0.2, 0) is 13.0 Å². The first kappa shape index (κ1) is 18.4. The standard InChI is InChI=1S/C20H20FN3O3/c1-26-18-5-3-2-4-15(18)12-23-20(25)22-11-10-17-13-27-19(24-17)14-6-8-16(21)9-7-14/h2-9,13H,10-12H2,1H3,(H2,22,23,25). The minimum absolute atomic E-state index is 0.275. The summed E-state index contributed by atoms with van der Waals surface area (Å²) in [5, 5.41) is 5.56. The number of hydrogen-bond acceptors (Lipinski definition) is 4. The highest BCUT2D eigenvalue weighted by atomic mass is 19.1. The van der Waals surface area contributed by atoms with Crippen LogP contribution < -0.4 is 15.4 Å². The molecule has 0 fully saturated rings. The fourth-order valence-corrected chi connectivity index (χ4v) is 2.54. The summed E-state index contributed by atoms with van der Waals surface area (Å²) in [6, 6.07) is 13.1. The Morgan fingerprint density at radius 3 is 2.70 bits per heavy atom. The Kier molecular flexibility index (Phi) is 6.04. The number of para-hydroxylation sites is 1. The summed E-state index contributed by atoms with van der Waals surface area (Å²) in [6.07, 6.45) is 2.06. The molecule has 2 aromatic carbocycles. The van der Waals surface area contributed by atoms with Gasteiger partial charge in [-0.15, -0.1) is 0 Å². The summed E-state index contributed by atoms with van der Waals surface area (Å²) in [7, 11) is 1.59. The maximum atomic E-state index is 13.0. The van der Waals surface area contributed by atoms with E-state index in [0.717, 1.165) is 11.3 Å². The van der Waals surface area contributed by atoms with Crippen molar-refractivity contribution in [1.29, 1.82) is 0 Å². The van der Waals surface area contributed by atoms with Gasteiger partial charge in [0.05, 0.1) is 12.8 Å². The molecule has 0 saturated carbocycles. The van der Waals surface area contributed by atoms with Crippen molar-refractivity contribution in [2.24, 2.45) is 0 Å². The van der Waals surface area contributed by atoms with Gasteiger partial charge in [-0.05, 0) is 30.3 Å². The second-order valence-electron chi connectivity index (χ2n) is 5.82. The van der Waals surface area contributed by atoms with Crippen LogP contribution in [0.5, 0.6) is 5.75 Å². The maximum absolute atomic E-state index is 13.0. The molecule has 0 spiro atoms. The Morgan fingerprint density at radius 2 is 1.93 bits per heavy atom. The smallest absolute Gasteiger partial charge is 0.315 e. The largest absolute Gasteiger partial charge is 0.496 e. The van der Waals surface area contributed by atoms with Crippen molar-refractivity contribution in [2.45, 2.75) is 13.0 Å². The molecule has 27 heavy (non-hydrogen) atoms. The van der Waals surface area contributed by atoms with Gasteiger partial charge in [-0.25, -0.2) is 14.2 Å². The Labute approximate surface area is 156 Å². The number of benzene rings is 2. The fraction of sp³-hybridized carbons (Fsp3) is 0.200. The Balaban J connectivity index is 1.44. The first-order valence-corrected chi connectivity index (χ1v) is 8.49.